The molecule has 0 aromatic heterocycles. The van der Waals surface area contributed by atoms with E-state index in [0.717, 1.165) is 11.5 Å². The van der Waals surface area contributed by atoms with Gasteiger partial charge in [0.05, 0.1) is 0 Å². The monoisotopic (exact) mass is 445 g/mol. The molecule has 0 unspecified atom stereocenters. The molecular weight excluding hydrogens is 426 g/mol. The van der Waals surface area contributed by atoms with Crippen molar-refractivity contribution in [1.82, 2.24) is 0 Å². The normalized spacial score (nSPS) is 17.1. The number of halogens is 1. The van der Waals surface area contributed by atoms with E-state index < -0.39 is 25.6 Å². The summed E-state index contributed by atoms with van der Waals surface area (Å²) in [7, 11) is 3.45. The Labute approximate surface area is 133 Å². The van der Waals surface area contributed by atoms with E-state index in [-0.39, 0.29) is 11.2 Å². The second kappa shape index (κ2) is 11.7. The van der Waals surface area contributed by atoms with Crippen LogP contribution in [0.15, 0.2) is 0 Å². The average Bonchev–Trinajstić information content (AvgIpc) is 2.33. The first kappa shape index (κ1) is 20.1. The molecule has 0 aliphatic heterocycles. The first-order valence-corrected chi connectivity index (χ1v) is 12.3. The Kier molecular flexibility index (Phi) is 13.0. The zero-order chi connectivity index (χ0) is 14.1. The van der Waals surface area contributed by atoms with Gasteiger partial charge < -0.3 is 0 Å². The van der Waals surface area contributed by atoms with Gasteiger partial charge in [0.1, 0.15) is 0 Å². The second-order valence-electron chi connectivity index (χ2n) is 3.32. The van der Waals surface area contributed by atoms with Crippen molar-refractivity contribution in [2.45, 2.75) is 36.7 Å². The van der Waals surface area contributed by atoms with Gasteiger partial charge in [0.15, 0.2) is 0 Å². The van der Waals surface area contributed by atoms with Gasteiger partial charge in [0.25, 0.3) is 0 Å². The van der Waals surface area contributed by atoms with E-state index in [4.69, 9.17) is 4.18 Å². The van der Waals surface area contributed by atoms with Crippen molar-refractivity contribution in [3.8, 4) is 0 Å². The topological polar surface area (TPSA) is 69.9 Å². The van der Waals surface area contributed by atoms with Gasteiger partial charge in [-0.3, -0.25) is 0 Å². The van der Waals surface area contributed by atoms with Crippen LogP contribution in [0.1, 0.15) is 13.8 Å². The Morgan fingerprint density at radius 2 is 1.67 bits per heavy atom. The van der Waals surface area contributed by atoms with Gasteiger partial charge >= 0.3 is 134 Å². The Bertz CT molecular complexity index is 283. The van der Waals surface area contributed by atoms with Crippen molar-refractivity contribution in [2.24, 2.45) is 0 Å². The number of aliphatic hydroxyl groups excluding tert-OH is 3. The van der Waals surface area contributed by atoms with Crippen molar-refractivity contribution >= 4 is 59.9 Å². The van der Waals surface area contributed by atoms with E-state index in [1.807, 2.05) is 35.1 Å². The van der Waals surface area contributed by atoms with Crippen molar-refractivity contribution in [3.63, 3.8) is 0 Å². The van der Waals surface area contributed by atoms with E-state index in [1.54, 1.807) is 23.5 Å². The molecular formula is C9H19IO4PS3-. The summed E-state index contributed by atoms with van der Waals surface area (Å²) < 4.78 is 4.98. The molecule has 0 spiro atoms. The standard InChI is InChI=1S/C9H19IO4PS3/c1-3-16-9(17-4-2)8(13)7(12)6(11)5-14-18(10)15/h6-9,11-13H,3-5H2,1-2H3/q-1/t6-,7-,8+/m1/s1. The van der Waals surface area contributed by atoms with Crippen molar-refractivity contribution in [3.05, 3.63) is 0 Å². The molecule has 0 aromatic carbocycles. The summed E-state index contributed by atoms with van der Waals surface area (Å²) >= 11 is 5.09. The Morgan fingerprint density at radius 1 is 1.17 bits per heavy atom. The van der Waals surface area contributed by atoms with Crippen LogP contribution in [0, 0.1) is 0 Å². The molecule has 0 aliphatic carbocycles. The minimum absolute atomic E-state index is 0.0336. The van der Waals surface area contributed by atoms with Crippen LogP contribution in [-0.4, -0.2) is 56.3 Å². The van der Waals surface area contributed by atoms with Gasteiger partial charge in [-0.1, -0.05) is 0 Å². The number of hydrogen-bond acceptors (Lipinski definition) is 7. The number of thioether (sulfide) groups is 2. The van der Waals surface area contributed by atoms with Crippen LogP contribution in [0.25, 0.3) is 0 Å². The van der Waals surface area contributed by atoms with Gasteiger partial charge in [0.2, 0.25) is 0 Å². The molecule has 0 aromatic rings. The molecule has 4 nitrogen and oxygen atoms in total. The van der Waals surface area contributed by atoms with Crippen LogP contribution in [0.3, 0.4) is 0 Å². The van der Waals surface area contributed by atoms with Crippen LogP contribution in [0.5, 0.6) is 0 Å². The van der Waals surface area contributed by atoms with E-state index in [9.17, 15) is 15.3 Å². The fraction of sp³-hybridized carbons (Fsp3) is 1.00. The molecule has 0 rings (SSSR count). The van der Waals surface area contributed by atoms with E-state index in [0.29, 0.717) is 0 Å². The average molecular weight is 445 g/mol. The van der Waals surface area contributed by atoms with Crippen LogP contribution in [0.4, 0.5) is 0 Å². The van der Waals surface area contributed by atoms with Gasteiger partial charge in [-0.2, -0.15) is 0 Å². The minimum atomic E-state index is -1.21. The summed E-state index contributed by atoms with van der Waals surface area (Å²) in [6.45, 7) is 3.96. The Morgan fingerprint density at radius 3 is 2.06 bits per heavy atom. The van der Waals surface area contributed by atoms with Crippen LogP contribution < -0.4 is 0 Å². The molecule has 0 aliphatic rings. The first-order chi connectivity index (χ1) is 8.43. The van der Waals surface area contributed by atoms with Crippen LogP contribution in [-0.2, 0) is 11.5 Å². The Hall–Kier alpha value is 2.05. The summed E-state index contributed by atoms with van der Waals surface area (Å²) in [5.41, 5.74) is 0. The van der Waals surface area contributed by atoms with Gasteiger partial charge in [-0.25, -0.2) is 0 Å². The summed E-state index contributed by atoms with van der Waals surface area (Å²) in [6, 6.07) is 0. The second-order valence-corrected chi connectivity index (χ2v) is 12.6. The van der Waals surface area contributed by atoms with E-state index in [2.05, 4.69) is 7.81 Å². The predicted octanol–water partition coefficient (Wildman–Crippen LogP) is 2.13. The summed E-state index contributed by atoms with van der Waals surface area (Å²) in [5, 5.41) is 29.7. The zero-order valence-corrected chi connectivity index (χ0v) is 15.7. The van der Waals surface area contributed by atoms with Crippen LogP contribution >= 0.6 is 52.5 Å². The molecule has 0 saturated carbocycles. The van der Waals surface area contributed by atoms with Crippen molar-refractivity contribution < 1.29 is 19.5 Å². The number of rotatable bonds is 9. The maximum absolute atomic E-state index is 10.0. The van der Waals surface area contributed by atoms with Gasteiger partial charge in [-0.15, -0.1) is 0 Å². The third-order valence-corrected chi connectivity index (χ3v) is 6.13. The van der Waals surface area contributed by atoms with Crippen LogP contribution in [0.2, 0.25) is 0 Å². The first-order valence-electron chi connectivity index (χ1n) is 5.44. The molecule has 18 heavy (non-hydrogen) atoms. The molecule has 110 valence electrons. The number of hydrogen-bond donors (Lipinski definition) is 3. The molecule has 3 atom stereocenters. The molecule has 0 bridgehead atoms. The molecule has 0 fully saturated rings. The SMILES string of the molecule is CCSC(SCC)[C@@H](O)[C@H](O)[C@H](O)CO[S-](#P)I. The third-order valence-electron chi connectivity index (χ3n) is 2.02. The predicted molar refractivity (Wildman–Crippen MR) is 92.3 cm³/mol. The molecule has 0 saturated heterocycles. The zero-order valence-electron chi connectivity index (χ0n) is 10.2. The summed E-state index contributed by atoms with van der Waals surface area (Å²) in [5.74, 6) is 1.70. The van der Waals surface area contributed by atoms with E-state index in [1.165, 1.54) is 0 Å². The quantitative estimate of drug-likeness (QED) is 0.219. The molecule has 3 N–H and O–H groups in total. The maximum atomic E-state index is 10.0. The van der Waals surface area contributed by atoms with Gasteiger partial charge in [-0.05, 0) is 0 Å². The van der Waals surface area contributed by atoms with Gasteiger partial charge in [0, 0.05) is 0 Å². The summed E-state index contributed by atoms with van der Waals surface area (Å²) in [6.07, 6.45) is -3.29. The molecule has 0 amide bonds. The summed E-state index contributed by atoms with van der Waals surface area (Å²) in [4.78, 5) is 0. The molecule has 0 radical (unpaired) electrons. The fourth-order valence-corrected chi connectivity index (χ4v) is 4.64. The van der Waals surface area contributed by atoms with Crippen molar-refractivity contribution in [2.75, 3.05) is 18.1 Å². The van der Waals surface area contributed by atoms with E-state index >= 15 is 0 Å². The third kappa shape index (κ3) is 8.36. The Balaban J connectivity index is 4.34. The fourth-order valence-electron chi connectivity index (χ4n) is 1.19. The molecule has 9 heteroatoms. The van der Waals surface area contributed by atoms with Crippen molar-refractivity contribution in [1.29, 1.82) is 0 Å². The number of aliphatic hydroxyl groups is 3. The molecule has 0 heterocycles.